The van der Waals surface area contributed by atoms with Gasteiger partial charge in [-0.3, -0.25) is 14.9 Å². The summed E-state index contributed by atoms with van der Waals surface area (Å²) in [5.41, 5.74) is 6.23. The Hall–Kier alpha value is -4.96. The van der Waals surface area contributed by atoms with Gasteiger partial charge in [0.15, 0.2) is 5.75 Å². The zero-order valence-corrected chi connectivity index (χ0v) is 29.1. The number of nitrogens with two attached hydrogens (primary N) is 1. The predicted molar refractivity (Wildman–Crippen MR) is 202 cm³/mol. The Morgan fingerprint density at radius 1 is 1.06 bits per heavy atom. The Morgan fingerprint density at radius 2 is 1.80 bits per heavy atom. The maximum Gasteiger partial charge on any atom is 0.201 e. The van der Waals surface area contributed by atoms with Gasteiger partial charge in [0.25, 0.3) is 0 Å². The van der Waals surface area contributed by atoms with Crippen molar-refractivity contribution in [3.05, 3.63) is 121 Å². The highest BCUT2D eigenvalue weighted by Crippen LogP contribution is 2.43. The van der Waals surface area contributed by atoms with E-state index in [4.69, 9.17) is 20.1 Å². The summed E-state index contributed by atoms with van der Waals surface area (Å²) in [6.45, 7) is 19.2. The minimum Gasteiger partial charge on any atom is -0.492 e. The highest BCUT2D eigenvalue weighted by Gasteiger charge is 2.24. The number of nitrogens with zero attached hydrogens (tertiary/aromatic N) is 4. The van der Waals surface area contributed by atoms with E-state index in [-0.39, 0.29) is 11.3 Å². The van der Waals surface area contributed by atoms with Crippen molar-refractivity contribution in [1.29, 1.82) is 0 Å². The molecular formula is C40H48N6O3. The minimum atomic E-state index is -0.186. The number of allylic oxidation sites excluding steroid dienone is 2. The molecule has 9 nitrogen and oxygen atoms in total. The molecule has 3 aromatic carbocycles. The maximum atomic E-state index is 6.67. The molecule has 0 saturated carbocycles. The summed E-state index contributed by atoms with van der Waals surface area (Å²) in [7, 11) is 1.64. The van der Waals surface area contributed by atoms with E-state index in [9.17, 15) is 0 Å². The molecule has 0 bridgehead atoms. The van der Waals surface area contributed by atoms with Crippen LogP contribution in [0.4, 0.5) is 17.1 Å². The summed E-state index contributed by atoms with van der Waals surface area (Å²) in [5.74, 6) is 7.53. The number of methoxy groups -OCH3 is 1. The Balaban J connectivity index is 1.46. The number of pyridine rings is 1. The van der Waals surface area contributed by atoms with E-state index >= 15 is 0 Å². The van der Waals surface area contributed by atoms with Gasteiger partial charge >= 0.3 is 0 Å². The van der Waals surface area contributed by atoms with Gasteiger partial charge in [-0.15, -0.1) is 0 Å². The zero-order chi connectivity index (χ0) is 34.8. The molecule has 1 saturated heterocycles. The monoisotopic (exact) mass is 660 g/mol. The van der Waals surface area contributed by atoms with Crippen LogP contribution in [0.1, 0.15) is 43.9 Å². The number of aromatic nitrogens is 1. The van der Waals surface area contributed by atoms with E-state index < -0.39 is 0 Å². The third-order valence-corrected chi connectivity index (χ3v) is 8.57. The average Bonchev–Trinajstić information content (AvgIpc) is 3.12. The van der Waals surface area contributed by atoms with E-state index in [0.717, 1.165) is 83.7 Å². The van der Waals surface area contributed by atoms with Crippen molar-refractivity contribution in [2.24, 2.45) is 10.8 Å². The number of morpholine rings is 1. The molecule has 0 atom stereocenters. The quantitative estimate of drug-likeness (QED) is 0.0462. The highest BCUT2D eigenvalue weighted by molar-refractivity contribution is 6.03. The van der Waals surface area contributed by atoms with Gasteiger partial charge < -0.3 is 19.5 Å². The van der Waals surface area contributed by atoms with Crippen LogP contribution in [-0.2, 0) is 21.5 Å². The first kappa shape index (κ1) is 35.3. The predicted octanol–water partition coefficient (Wildman–Crippen LogP) is 7.97. The summed E-state index contributed by atoms with van der Waals surface area (Å²) in [4.78, 5) is 10.6. The third kappa shape index (κ3) is 8.94. The molecule has 5 rings (SSSR count). The van der Waals surface area contributed by atoms with Gasteiger partial charge in [0, 0.05) is 54.9 Å². The molecule has 0 aliphatic carbocycles. The molecule has 0 radical (unpaired) electrons. The second-order valence-electron chi connectivity index (χ2n) is 13.0. The van der Waals surface area contributed by atoms with Crippen molar-refractivity contribution < 1.29 is 14.2 Å². The average molecular weight is 661 g/mol. The molecule has 3 N–H and O–H groups in total. The van der Waals surface area contributed by atoms with Crippen molar-refractivity contribution in [2.45, 2.75) is 39.2 Å². The molecule has 1 aliphatic heterocycles. The number of nitrogens with one attached hydrogen (secondary N) is 1. The fraction of sp³-hybridized carbons (Fsp3) is 0.300. The van der Waals surface area contributed by atoms with Crippen molar-refractivity contribution in [2.75, 3.05) is 50.3 Å². The van der Waals surface area contributed by atoms with E-state index in [1.165, 1.54) is 5.01 Å². The van der Waals surface area contributed by atoms with E-state index in [1.807, 2.05) is 30.5 Å². The van der Waals surface area contributed by atoms with Gasteiger partial charge in [0.2, 0.25) is 5.88 Å². The number of hydrogen-bond acceptors (Lipinski definition) is 9. The lowest BCUT2D eigenvalue weighted by Crippen LogP contribution is -2.36. The standard InChI is InChI=1S/C40H48N6O3/c1-29(49-28-30-16-18-43-19-17-30)46(41)38-26-32(40(2,3)4)25-37(39(38)47-6)44-36-15-14-33(34-12-7-8-13-35(34)36)31(27-42-5)11-9-10-20-45-21-23-48-24-22-45/h7-9,11-19,25-27,44H,1,5,10,20-24,28,41H2,2-4,6H3/b11-9-,31-27+. The second-order valence-corrected chi connectivity index (χ2v) is 13.0. The summed E-state index contributed by atoms with van der Waals surface area (Å²) >= 11 is 0. The molecular weight excluding hydrogens is 612 g/mol. The first-order valence-electron chi connectivity index (χ1n) is 16.6. The van der Waals surface area contributed by atoms with Crippen LogP contribution in [0.15, 0.2) is 109 Å². The zero-order valence-electron chi connectivity index (χ0n) is 29.1. The van der Waals surface area contributed by atoms with Gasteiger partial charge in [-0.05, 0) is 77.5 Å². The number of hydrogen-bond donors (Lipinski definition) is 2. The van der Waals surface area contributed by atoms with Crippen molar-refractivity contribution in [1.82, 2.24) is 9.88 Å². The number of anilines is 3. The first-order valence-corrected chi connectivity index (χ1v) is 16.6. The summed E-state index contributed by atoms with van der Waals surface area (Å²) < 4.78 is 17.5. The molecule has 49 heavy (non-hydrogen) atoms. The number of hydrazine groups is 1. The van der Waals surface area contributed by atoms with Crippen LogP contribution in [-0.4, -0.2) is 56.6 Å². The fourth-order valence-corrected chi connectivity index (χ4v) is 5.78. The van der Waals surface area contributed by atoms with E-state index in [0.29, 0.717) is 18.0 Å². The largest absolute Gasteiger partial charge is 0.492 e. The fourth-order valence-electron chi connectivity index (χ4n) is 5.78. The van der Waals surface area contributed by atoms with Gasteiger partial charge in [-0.1, -0.05) is 63.3 Å². The minimum absolute atomic E-state index is 0.186. The summed E-state index contributed by atoms with van der Waals surface area (Å²) in [6.07, 6.45) is 10.6. The number of benzene rings is 3. The number of fused-ring (bicyclic) bond motifs is 1. The normalized spacial score (nSPS) is 14.2. The lowest BCUT2D eigenvalue weighted by atomic mass is 9.86. The molecule has 9 heteroatoms. The van der Waals surface area contributed by atoms with Crippen molar-refractivity contribution in [3.8, 4) is 5.75 Å². The van der Waals surface area contributed by atoms with Crippen LogP contribution in [0.2, 0.25) is 0 Å². The van der Waals surface area contributed by atoms with Crippen LogP contribution >= 0.6 is 0 Å². The first-order chi connectivity index (χ1) is 23.7. The van der Waals surface area contributed by atoms with Crippen molar-refractivity contribution >= 4 is 40.1 Å². The number of ether oxygens (including phenoxy) is 3. The molecule has 0 amide bonds. The van der Waals surface area contributed by atoms with Gasteiger partial charge in [0.1, 0.15) is 12.3 Å². The van der Waals surface area contributed by atoms with Gasteiger partial charge in [0.05, 0.1) is 26.0 Å². The lowest BCUT2D eigenvalue weighted by Gasteiger charge is -2.28. The van der Waals surface area contributed by atoms with Crippen LogP contribution in [0.25, 0.3) is 16.3 Å². The molecule has 0 unspecified atom stereocenters. The SMILES string of the molecule is C=N/C=C(\C=C/CCN1CCOCC1)c1ccc(Nc2cc(C(C)(C)C)cc(N(N)C(=C)OCc3ccncc3)c2OC)c2ccccc12. The Labute approximate surface area is 290 Å². The summed E-state index contributed by atoms with van der Waals surface area (Å²) in [6, 6.07) is 20.5. The van der Waals surface area contributed by atoms with E-state index in [2.05, 4.69) is 103 Å². The molecule has 2 heterocycles. The van der Waals surface area contributed by atoms with Crippen molar-refractivity contribution in [3.63, 3.8) is 0 Å². The second kappa shape index (κ2) is 16.4. The van der Waals surface area contributed by atoms with Gasteiger partial charge in [-0.25, -0.2) is 10.9 Å². The molecule has 256 valence electrons. The lowest BCUT2D eigenvalue weighted by molar-refractivity contribution is 0.0387. The highest BCUT2D eigenvalue weighted by atomic mass is 16.5. The Kier molecular flexibility index (Phi) is 11.9. The molecule has 1 aliphatic rings. The number of rotatable bonds is 14. The number of aliphatic imine (C=N–C) groups is 1. The van der Waals surface area contributed by atoms with Gasteiger partial charge in [-0.2, -0.15) is 0 Å². The van der Waals surface area contributed by atoms with Crippen LogP contribution in [0.5, 0.6) is 5.75 Å². The Bertz CT molecular complexity index is 1810. The Morgan fingerprint density at radius 3 is 2.49 bits per heavy atom. The van der Waals surface area contributed by atoms with Crippen LogP contribution in [0.3, 0.4) is 0 Å². The maximum absolute atomic E-state index is 6.67. The molecule has 1 aromatic heterocycles. The smallest absolute Gasteiger partial charge is 0.201 e. The third-order valence-electron chi connectivity index (χ3n) is 8.57. The topological polar surface area (TPSA) is 97.5 Å². The van der Waals surface area contributed by atoms with Crippen LogP contribution < -0.4 is 20.9 Å². The summed E-state index contributed by atoms with van der Waals surface area (Å²) in [5, 5.41) is 7.26. The molecule has 1 fully saturated rings. The molecule has 0 spiro atoms. The van der Waals surface area contributed by atoms with Crippen LogP contribution in [0, 0.1) is 0 Å². The molecule has 4 aromatic rings. The van der Waals surface area contributed by atoms with E-state index in [1.54, 1.807) is 19.5 Å².